The summed E-state index contributed by atoms with van der Waals surface area (Å²) < 4.78 is 0. The molecule has 3 atom stereocenters. The van der Waals surface area contributed by atoms with E-state index in [2.05, 4.69) is 106 Å². The van der Waals surface area contributed by atoms with Gasteiger partial charge >= 0.3 is 0 Å². The van der Waals surface area contributed by atoms with Gasteiger partial charge in [-0.1, -0.05) is 98.3 Å². The molecule has 0 heteroatoms. The molecule has 0 saturated heterocycles. The van der Waals surface area contributed by atoms with Gasteiger partial charge in [0.2, 0.25) is 0 Å². The van der Waals surface area contributed by atoms with Gasteiger partial charge in [-0.05, 0) is 47.6 Å². The molecule has 2 aromatic rings. The lowest BCUT2D eigenvalue weighted by Crippen LogP contribution is -2.44. The maximum Gasteiger partial charge on any atom is 0.0494 e. The van der Waals surface area contributed by atoms with Crippen LogP contribution in [0.25, 0.3) is 0 Å². The molecule has 0 N–H and O–H groups in total. The molecule has 0 nitrogen and oxygen atoms in total. The van der Waals surface area contributed by atoms with E-state index in [1.807, 2.05) is 0 Å². The van der Waals surface area contributed by atoms with Crippen LogP contribution in [-0.4, -0.2) is 0 Å². The van der Waals surface area contributed by atoms with Crippen LogP contribution in [0.4, 0.5) is 0 Å². The number of fused-ring (bicyclic) bond motifs is 5. The Morgan fingerprint density at radius 3 is 2.38 bits per heavy atom. The lowest BCUT2D eigenvalue weighted by Gasteiger charge is -2.50. The van der Waals surface area contributed by atoms with Gasteiger partial charge in [-0.2, -0.15) is 0 Å². The fourth-order valence-electron chi connectivity index (χ4n) is 6.56. The van der Waals surface area contributed by atoms with E-state index in [0.29, 0.717) is 11.8 Å². The monoisotopic (exact) mass is 378 g/mol. The Balaban J connectivity index is 1.98. The van der Waals surface area contributed by atoms with Crippen molar-refractivity contribution >= 4 is 0 Å². The molecule has 0 radical (unpaired) electrons. The van der Waals surface area contributed by atoms with Crippen LogP contribution in [0, 0.1) is 5.92 Å². The molecule has 0 amide bonds. The van der Waals surface area contributed by atoms with Crippen molar-refractivity contribution in [1.29, 1.82) is 0 Å². The summed E-state index contributed by atoms with van der Waals surface area (Å²) in [6, 6.07) is 18.3. The van der Waals surface area contributed by atoms with Gasteiger partial charge in [0.1, 0.15) is 0 Å². The molecule has 0 bridgehead atoms. The minimum Gasteiger partial charge on any atom is -0.102 e. The number of benzene rings is 2. The van der Waals surface area contributed by atoms with Crippen molar-refractivity contribution in [1.82, 2.24) is 0 Å². The Morgan fingerprint density at radius 2 is 1.66 bits per heavy atom. The Hall–Kier alpha value is -2.60. The molecule has 3 aliphatic carbocycles. The highest BCUT2D eigenvalue weighted by atomic mass is 14.6. The molecule has 0 saturated carbocycles. The maximum atomic E-state index is 4.28. The minimum absolute atomic E-state index is 0.0236. The Bertz CT molecular complexity index is 1070. The number of hydrogen-bond donors (Lipinski definition) is 0. The molecule has 0 aromatic heterocycles. The number of allylic oxidation sites excluding steroid dienone is 7. The summed E-state index contributed by atoms with van der Waals surface area (Å²) in [7, 11) is 0. The summed E-state index contributed by atoms with van der Waals surface area (Å²) in [6.07, 6.45) is 13.9. The molecule has 1 spiro atoms. The van der Waals surface area contributed by atoms with Crippen molar-refractivity contribution in [2.45, 2.75) is 50.4 Å². The quantitative estimate of drug-likeness (QED) is 0.478. The van der Waals surface area contributed by atoms with Crippen molar-refractivity contribution in [3.63, 3.8) is 0 Å². The maximum absolute atomic E-state index is 4.28. The average Bonchev–Trinajstić information content (AvgIpc) is 3.03. The van der Waals surface area contributed by atoms with E-state index in [-0.39, 0.29) is 10.8 Å². The van der Waals surface area contributed by atoms with Crippen molar-refractivity contribution in [2.75, 3.05) is 0 Å². The second-order valence-electron chi connectivity index (χ2n) is 9.21. The van der Waals surface area contributed by atoms with Crippen LogP contribution in [0.1, 0.15) is 61.8 Å². The van der Waals surface area contributed by atoms with Crippen molar-refractivity contribution in [3.05, 3.63) is 119 Å². The number of rotatable bonds is 2. The van der Waals surface area contributed by atoms with Gasteiger partial charge in [0.15, 0.2) is 0 Å². The predicted molar refractivity (Wildman–Crippen MR) is 123 cm³/mol. The van der Waals surface area contributed by atoms with E-state index in [1.54, 1.807) is 5.57 Å². The normalized spacial score (nSPS) is 29.1. The highest BCUT2D eigenvalue weighted by Gasteiger charge is 2.57. The number of hydrogen-bond acceptors (Lipinski definition) is 0. The summed E-state index contributed by atoms with van der Waals surface area (Å²) >= 11 is 0. The summed E-state index contributed by atoms with van der Waals surface area (Å²) in [5.41, 5.74) is 8.97. The summed E-state index contributed by atoms with van der Waals surface area (Å²) in [5, 5.41) is 0. The van der Waals surface area contributed by atoms with Crippen molar-refractivity contribution in [2.24, 2.45) is 5.92 Å². The van der Waals surface area contributed by atoms with E-state index < -0.39 is 0 Å². The smallest absolute Gasteiger partial charge is 0.0494 e. The topological polar surface area (TPSA) is 0 Å². The van der Waals surface area contributed by atoms with E-state index in [9.17, 15) is 0 Å². The minimum atomic E-state index is -0.103. The molecule has 0 fully saturated rings. The Kier molecular flexibility index (Phi) is 4.10. The third kappa shape index (κ3) is 2.21. The highest BCUT2D eigenvalue weighted by molar-refractivity contribution is 5.69. The lowest BCUT2D eigenvalue weighted by atomic mass is 9.52. The first-order valence-electron chi connectivity index (χ1n) is 10.9. The second-order valence-corrected chi connectivity index (χ2v) is 9.21. The molecule has 0 aliphatic heterocycles. The van der Waals surface area contributed by atoms with Crippen LogP contribution in [0.2, 0.25) is 0 Å². The van der Waals surface area contributed by atoms with E-state index in [0.717, 1.165) is 12.8 Å². The van der Waals surface area contributed by atoms with Gasteiger partial charge in [0, 0.05) is 22.7 Å². The summed E-state index contributed by atoms with van der Waals surface area (Å²) in [5.74, 6) is 0.687. The highest BCUT2D eigenvalue weighted by Crippen LogP contribution is 2.65. The van der Waals surface area contributed by atoms with E-state index in [1.165, 1.54) is 27.8 Å². The zero-order valence-electron chi connectivity index (χ0n) is 17.8. The third-order valence-electron chi connectivity index (χ3n) is 7.63. The van der Waals surface area contributed by atoms with Crippen LogP contribution < -0.4 is 0 Å². The van der Waals surface area contributed by atoms with Crippen LogP contribution in [0.3, 0.4) is 0 Å². The van der Waals surface area contributed by atoms with E-state index >= 15 is 0 Å². The predicted octanol–water partition coefficient (Wildman–Crippen LogP) is 7.39. The average molecular weight is 379 g/mol. The van der Waals surface area contributed by atoms with Gasteiger partial charge in [-0.3, -0.25) is 0 Å². The molecular formula is C29H30. The van der Waals surface area contributed by atoms with Gasteiger partial charge in [0.05, 0.1) is 0 Å². The SMILES string of the molecule is C=CC1c2ccccc2C2(C3=C(C=CCC3)C(C)(C)c3ccccc32)C1/C=C\C. The first-order chi connectivity index (χ1) is 14.1. The van der Waals surface area contributed by atoms with E-state index in [4.69, 9.17) is 0 Å². The first kappa shape index (κ1) is 18.4. The molecule has 3 unspecified atom stereocenters. The standard InChI is InChI=1S/C29H30/c1-5-13-22-20(6-2)21-14-7-8-15-23(21)29(22)26-18-11-9-16-24(26)28(3,4)25-17-10-12-19-27(25)29/h5-11,13-18,20,22H,2,12,19H2,1,3-4H3/b13-5-. The third-order valence-corrected chi connectivity index (χ3v) is 7.63. The van der Waals surface area contributed by atoms with Crippen LogP contribution >= 0.6 is 0 Å². The molecule has 5 rings (SSSR count). The zero-order valence-corrected chi connectivity index (χ0v) is 17.8. The Morgan fingerprint density at radius 1 is 0.966 bits per heavy atom. The van der Waals surface area contributed by atoms with Crippen molar-refractivity contribution < 1.29 is 0 Å². The van der Waals surface area contributed by atoms with Crippen LogP contribution in [-0.2, 0) is 10.8 Å². The molecule has 146 valence electrons. The lowest BCUT2D eigenvalue weighted by molar-refractivity contribution is 0.402. The molecule has 2 aromatic carbocycles. The first-order valence-corrected chi connectivity index (χ1v) is 10.9. The summed E-state index contributed by atoms with van der Waals surface area (Å²) in [4.78, 5) is 0. The second kappa shape index (κ2) is 6.46. The largest absolute Gasteiger partial charge is 0.102 e. The summed E-state index contributed by atoms with van der Waals surface area (Å²) in [6.45, 7) is 11.2. The molecular weight excluding hydrogens is 348 g/mol. The van der Waals surface area contributed by atoms with Gasteiger partial charge < -0.3 is 0 Å². The van der Waals surface area contributed by atoms with Gasteiger partial charge in [0.25, 0.3) is 0 Å². The van der Waals surface area contributed by atoms with Gasteiger partial charge in [-0.25, -0.2) is 0 Å². The Labute approximate surface area is 175 Å². The molecule has 0 heterocycles. The van der Waals surface area contributed by atoms with Gasteiger partial charge in [-0.15, -0.1) is 6.58 Å². The van der Waals surface area contributed by atoms with Crippen LogP contribution in [0.5, 0.6) is 0 Å². The fourth-order valence-corrected chi connectivity index (χ4v) is 6.56. The molecule has 3 aliphatic rings. The molecule has 29 heavy (non-hydrogen) atoms. The van der Waals surface area contributed by atoms with Crippen LogP contribution in [0.15, 0.2) is 96.6 Å². The van der Waals surface area contributed by atoms with Crippen molar-refractivity contribution in [3.8, 4) is 0 Å². The zero-order chi connectivity index (χ0) is 20.2. The fraction of sp³-hybridized carbons (Fsp3) is 0.310.